The summed E-state index contributed by atoms with van der Waals surface area (Å²) in [5.74, 6) is 0.691. The molecule has 0 spiro atoms. The Morgan fingerprint density at radius 2 is 2.11 bits per heavy atom. The van der Waals surface area contributed by atoms with Crippen molar-refractivity contribution in [2.75, 3.05) is 18.6 Å². The molecule has 1 aromatic rings. The smallest absolute Gasteiger partial charge is 0.244 e. The molecule has 0 saturated heterocycles. The summed E-state index contributed by atoms with van der Waals surface area (Å²) in [5, 5.41) is 12.7. The lowest BCUT2D eigenvalue weighted by molar-refractivity contribution is -0.117. The van der Waals surface area contributed by atoms with Crippen LogP contribution in [0.15, 0.2) is 36.4 Å². The van der Waals surface area contributed by atoms with Crippen molar-refractivity contribution in [3.63, 3.8) is 0 Å². The van der Waals surface area contributed by atoms with Gasteiger partial charge in [0.2, 0.25) is 5.91 Å². The molecule has 0 radical (unpaired) electrons. The van der Waals surface area contributed by atoms with Crippen LogP contribution in [0.1, 0.15) is 18.9 Å². The van der Waals surface area contributed by atoms with Crippen LogP contribution < -0.4 is 5.32 Å². The zero-order valence-electron chi connectivity index (χ0n) is 11.4. The van der Waals surface area contributed by atoms with Crippen molar-refractivity contribution >= 4 is 23.7 Å². The summed E-state index contributed by atoms with van der Waals surface area (Å²) in [7, 11) is 0. The van der Waals surface area contributed by atoms with E-state index in [1.165, 1.54) is 6.08 Å². The lowest BCUT2D eigenvalue weighted by Gasteiger charge is -2.22. The van der Waals surface area contributed by atoms with Crippen LogP contribution >= 0.6 is 11.8 Å². The van der Waals surface area contributed by atoms with Crippen molar-refractivity contribution in [3.8, 4) is 0 Å². The third kappa shape index (κ3) is 7.03. The molecule has 0 aliphatic carbocycles. The summed E-state index contributed by atoms with van der Waals surface area (Å²) in [6.45, 7) is 2.01. The Morgan fingerprint density at radius 1 is 1.42 bits per heavy atom. The van der Waals surface area contributed by atoms with Crippen LogP contribution in [0, 0.1) is 0 Å². The van der Waals surface area contributed by atoms with Gasteiger partial charge in [0, 0.05) is 12.6 Å². The minimum absolute atomic E-state index is 0.187. The summed E-state index contributed by atoms with van der Waals surface area (Å²) in [5.41, 5.74) is 0.131. The second-order valence-electron chi connectivity index (χ2n) is 4.70. The predicted octanol–water partition coefficient (Wildman–Crippen LogP) is 2.32. The van der Waals surface area contributed by atoms with Gasteiger partial charge in [-0.15, -0.1) is 0 Å². The fraction of sp³-hybridized carbons (Fsp3) is 0.400. The molecule has 1 atom stereocenters. The van der Waals surface area contributed by atoms with Gasteiger partial charge in [0.15, 0.2) is 0 Å². The van der Waals surface area contributed by atoms with Crippen LogP contribution in [-0.2, 0) is 4.79 Å². The Bertz CT molecular complexity index is 415. The first-order chi connectivity index (χ1) is 9.03. The number of amides is 1. The first-order valence-electron chi connectivity index (χ1n) is 6.26. The van der Waals surface area contributed by atoms with Crippen LogP contribution in [0.4, 0.5) is 0 Å². The molecule has 0 saturated carbocycles. The Kier molecular flexibility index (Phi) is 6.67. The Hall–Kier alpha value is -1.26. The SMILES string of the molecule is CSCC[C@@](C)(O)CNC(=O)/C=C/c1ccccc1. The summed E-state index contributed by atoms with van der Waals surface area (Å²) in [4.78, 5) is 11.6. The molecule has 2 N–H and O–H groups in total. The summed E-state index contributed by atoms with van der Waals surface area (Å²) < 4.78 is 0. The van der Waals surface area contributed by atoms with Crippen LogP contribution in [0.25, 0.3) is 6.08 Å². The first-order valence-corrected chi connectivity index (χ1v) is 7.65. The molecule has 1 amide bonds. The number of hydrogen-bond acceptors (Lipinski definition) is 3. The van der Waals surface area contributed by atoms with Crippen LogP contribution in [0.2, 0.25) is 0 Å². The van der Waals surface area contributed by atoms with Gasteiger partial charge >= 0.3 is 0 Å². The molecule has 0 fully saturated rings. The molecule has 0 aliphatic heterocycles. The third-order valence-corrected chi connectivity index (χ3v) is 3.33. The van der Waals surface area contributed by atoms with Gasteiger partial charge in [0.25, 0.3) is 0 Å². The van der Waals surface area contributed by atoms with Gasteiger partial charge in [0.05, 0.1) is 5.60 Å². The number of thioether (sulfide) groups is 1. The lowest BCUT2D eigenvalue weighted by atomic mass is 10.0. The van der Waals surface area contributed by atoms with Gasteiger partial charge in [-0.2, -0.15) is 11.8 Å². The topological polar surface area (TPSA) is 49.3 Å². The van der Waals surface area contributed by atoms with Crippen molar-refractivity contribution in [2.24, 2.45) is 0 Å². The number of rotatable bonds is 7. The van der Waals surface area contributed by atoms with E-state index in [9.17, 15) is 9.90 Å². The zero-order chi connectivity index (χ0) is 14.1. The Balaban J connectivity index is 2.37. The summed E-state index contributed by atoms with van der Waals surface area (Å²) in [6.07, 6.45) is 5.90. The Morgan fingerprint density at radius 3 is 2.74 bits per heavy atom. The maximum atomic E-state index is 11.6. The number of benzene rings is 1. The normalized spacial score (nSPS) is 14.3. The summed E-state index contributed by atoms with van der Waals surface area (Å²) in [6, 6.07) is 9.63. The molecule has 1 rings (SSSR count). The molecule has 19 heavy (non-hydrogen) atoms. The minimum atomic E-state index is -0.848. The van der Waals surface area contributed by atoms with Gasteiger partial charge in [-0.1, -0.05) is 30.3 Å². The molecule has 0 aromatic heterocycles. The zero-order valence-corrected chi connectivity index (χ0v) is 12.2. The number of aliphatic hydroxyl groups is 1. The molecule has 3 nitrogen and oxygen atoms in total. The van der Waals surface area contributed by atoms with Gasteiger partial charge in [0.1, 0.15) is 0 Å². The van der Waals surface area contributed by atoms with Crippen LogP contribution in [0.3, 0.4) is 0 Å². The lowest BCUT2D eigenvalue weighted by Crippen LogP contribution is -2.40. The maximum Gasteiger partial charge on any atom is 0.244 e. The van der Waals surface area contributed by atoms with Crippen molar-refractivity contribution in [2.45, 2.75) is 18.9 Å². The summed E-state index contributed by atoms with van der Waals surface area (Å²) >= 11 is 1.68. The van der Waals surface area contributed by atoms with E-state index in [0.29, 0.717) is 6.42 Å². The van der Waals surface area contributed by atoms with Crippen LogP contribution in [-0.4, -0.2) is 35.2 Å². The molecule has 104 valence electrons. The highest BCUT2D eigenvalue weighted by Gasteiger charge is 2.19. The highest BCUT2D eigenvalue weighted by molar-refractivity contribution is 7.98. The van der Waals surface area contributed by atoms with E-state index in [2.05, 4.69) is 5.32 Å². The molecular weight excluding hydrogens is 258 g/mol. The van der Waals surface area contributed by atoms with Gasteiger partial charge in [-0.3, -0.25) is 4.79 Å². The second-order valence-corrected chi connectivity index (χ2v) is 5.69. The molecule has 0 bridgehead atoms. The fourth-order valence-electron chi connectivity index (χ4n) is 1.48. The third-order valence-electron chi connectivity index (χ3n) is 2.71. The minimum Gasteiger partial charge on any atom is -0.388 e. The highest BCUT2D eigenvalue weighted by Crippen LogP contribution is 2.11. The van der Waals surface area contributed by atoms with E-state index in [-0.39, 0.29) is 12.5 Å². The molecule has 0 aliphatic rings. The van der Waals surface area contributed by atoms with E-state index >= 15 is 0 Å². The van der Waals surface area contributed by atoms with Gasteiger partial charge in [-0.25, -0.2) is 0 Å². The number of carbonyl (C=O) groups excluding carboxylic acids is 1. The standard InChI is InChI=1S/C15H21NO2S/c1-15(18,10-11-19-2)12-16-14(17)9-8-13-6-4-3-5-7-13/h3-9,18H,10-12H2,1-2H3,(H,16,17)/b9-8+/t15-/m1/s1. The monoisotopic (exact) mass is 279 g/mol. The van der Waals surface area contributed by atoms with Gasteiger partial charge in [-0.05, 0) is 37.0 Å². The predicted molar refractivity (Wildman–Crippen MR) is 82.1 cm³/mol. The first kappa shape index (κ1) is 15.8. The van der Waals surface area contributed by atoms with Crippen molar-refractivity contribution in [1.29, 1.82) is 0 Å². The highest BCUT2D eigenvalue weighted by atomic mass is 32.2. The van der Waals surface area contributed by atoms with E-state index in [4.69, 9.17) is 0 Å². The van der Waals surface area contributed by atoms with Crippen molar-refractivity contribution < 1.29 is 9.90 Å². The van der Waals surface area contributed by atoms with E-state index < -0.39 is 5.60 Å². The Labute approximate surface area is 119 Å². The number of hydrogen-bond donors (Lipinski definition) is 2. The van der Waals surface area contributed by atoms with Gasteiger partial charge < -0.3 is 10.4 Å². The van der Waals surface area contributed by atoms with Crippen molar-refractivity contribution in [3.05, 3.63) is 42.0 Å². The average molecular weight is 279 g/mol. The molecule has 1 aromatic carbocycles. The average Bonchev–Trinajstić information content (AvgIpc) is 2.42. The molecular formula is C15H21NO2S. The fourth-order valence-corrected chi connectivity index (χ4v) is 2.13. The van der Waals surface area contributed by atoms with E-state index in [1.807, 2.05) is 36.6 Å². The molecule has 4 heteroatoms. The molecule has 0 heterocycles. The largest absolute Gasteiger partial charge is 0.388 e. The molecule has 0 unspecified atom stereocenters. The van der Waals surface area contributed by atoms with Crippen molar-refractivity contribution in [1.82, 2.24) is 5.32 Å². The van der Waals surface area contributed by atoms with Crippen LogP contribution in [0.5, 0.6) is 0 Å². The maximum absolute atomic E-state index is 11.6. The number of carbonyl (C=O) groups is 1. The van der Waals surface area contributed by atoms with E-state index in [1.54, 1.807) is 24.8 Å². The van der Waals surface area contributed by atoms with E-state index in [0.717, 1.165) is 11.3 Å². The quantitative estimate of drug-likeness (QED) is 0.753. The number of nitrogens with one attached hydrogen (secondary N) is 1. The second kappa shape index (κ2) is 8.02.